The molecule has 0 spiro atoms. The van der Waals surface area contributed by atoms with Gasteiger partial charge in [-0.3, -0.25) is 9.59 Å². The maximum atomic E-state index is 13.1. The third kappa shape index (κ3) is 7.09. The average molecular weight is 387 g/mol. The zero-order valence-electron chi connectivity index (χ0n) is 14.9. The lowest BCUT2D eigenvalue weighted by atomic mass is 10.1. The summed E-state index contributed by atoms with van der Waals surface area (Å²) in [7, 11) is 0. The second-order valence-corrected chi connectivity index (χ2v) is 6.56. The Morgan fingerprint density at radius 1 is 1.26 bits per heavy atom. The van der Waals surface area contributed by atoms with Crippen molar-refractivity contribution in [2.75, 3.05) is 26.2 Å². The normalized spacial score (nSPS) is 16.8. The molecule has 1 aromatic carbocycles. The van der Waals surface area contributed by atoms with Crippen molar-refractivity contribution in [1.82, 2.24) is 10.2 Å². The molecule has 0 aromatic heterocycles. The van der Waals surface area contributed by atoms with Gasteiger partial charge in [0.25, 0.3) is 11.8 Å². The molecule has 3 N–H and O–H groups in total. The fourth-order valence-corrected chi connectivity index (χ4v) is 2.73. The Balaban J connectivity index is 1.55. The van der Waals surface area contributed by atoms with Crippen molar-refractivity contribution in [3.63, 3.8) is 0 Å². The summed E-state index contributed by atoms with van der Waals surface area (Å²) in [5.74, 6) is -3.59. The van der Waals surface area contributed by atoms with E-state index in [0.717, 1.165) is 4.90 Å². The summed E-state index contributed by atoms with van der Waals surface area (Å²) in [6, 6.07) is 4.52. The highest BCUT2D eigenvalue weighted by Crippen LogP contribution is 2.27. The van der Waals surface area contributed by atoms with Gasteiger partial charge in [0, 0.05) is 19.5 Å². The second kappa shape index (κ2) is 9.59. The average Bonchev–Trinajstić information content (AvgIpc) is 3.00. The van der Waals surface area contributed by atoms with E-state index in [1.807, 2.05) is 0 Å². The van der Waals surface area contributed by atoms with Crippen LogP contribution in [0.4, 0.5) is 13.2 Å². The molecule has 1 aromatic rings. The Hall–Kier alpha value is -2.29. The van der Waals surface area contributed by atoms with E-state index in [-0.39, 0.29) is 31.3 Å². The zero-order chi connectivity index (χ0) is 19.9. The summed E-state index contributed by atoms with van der Waals surface area (Å²) in [4.78, 5) is 24.8. The molecular formula is C18H24F3N3O3. The van der Waals surface area contributed by atoms with Gasteiger partial charge in [0.1, 0.15) is 11.6 Å². The molecular weight excluding hydrogens is 363 g/mol. The summed E-state index contributed by atoms with van der Waals surface area (Å²) in [5.41, 5.74) is 5.78. The van der Waals surface area contributed by atoms with E-state index < -0.39 is 24.4 Å². The molecule has 150 valence electrons. The molecule has 9 heteroatoms. The van der Waals surface area contributed by atoms with Crippen molar-refractivity contribution in [1.29, 1.82) is 0 Å². The van der Waals surface area contributed by atoms with Crippen molar-refractivity contribution in [2.24, 2.45) is 5.73 Å². The van der Waals surface area contributed by atoms with Crippen LogP contribution in [0.2, 0.25) is 0 Å². The van der Waals surface area contributed by atoms with Crippen LogP contribution in [0.25, 0.3) is 0 Å². The van der Waals surface area contributed by atoms with Crippen LogP contribution in [0.5, 0.6) is 5.75 Å². The van der Waals surface area contributed by atoms with E-state index in [1.54, 1.807) is 0 Å². The molecule has 1 saturated heterocycles. The number of hydrogen-bond donors (Lipinski definition) is 2. The van der Waals surface area contributed by atoms with Crippen LogP contribution < -0.4 is 15.8 Å². The third-order valence-corrected chi connectivity index (χ3v) is 4.25. The first-order valence-electron chi connectivity index (χ1n) is 8.84. The predicted molar refractivity (Wildman–Crippen MR) is 92.9 cm³/mol. The van der Waals surface area contributed by atoms with Gasteiger partial charge in [-0.25, -0.2) is 13.2 Å². The second-order valence-electron chi connectivity index (χ2n) is 6.56. The standard InChI is InChI=1S/C18H24F3N3O3/c19-13-4-6-14(7-5-13)27-11-16(25)23-9-2-1-3-15(22)17(26)24-10-8-18(20,21)12-24/h4-7,15H,1-3,8-12,22H2,(H,23,25). The number of nitrogens with one attached hydrogen (secondary N) is 1. The fourth-order valence-electron chi connectivity index (χ4n) is 2.73. The van der Waals surface area contributed by atoms with Gasteiger partial charge in [0.2, 0.25) is 5.91 Å². The number of likely N-dealkylation sites (tertiary alicyclic amines) is 1. The number of carbonyl (C=O) groups excluding carboxylic acids is 2. The number of hydrogen-bond acceptors (Lipinski definition) is 4. The number of amides is 2. The number of ether oxygens (including phenoxy) is 1. The fraction of sp³-hybridized carbons (Fsp3) is 0.556. The van der Waals surface area contributed by atoms with Crippen molar-refractivity contribution in [3.05, 3.63) is 30.1 Å². The molecule has 0 radical (unpaired) electrons. The minimum absolute atomic E-state index is 0.0314. The lowest BCUT2D eigenvalue weighted by Gasteiger charge is -2.20. The molecule has 6 nitrogen and oxygen atoms in total. The van der Waals surface area contributed by atoms with Crippen molar-refractivity contribution < 1.29 is 27.5 Å². The molecule has 2 rings (SSSR count). The monoisotopic (exact) mass is 387 g/mol. The Kier molecular flexibility index (Phi) is 7.46. The van der Waals surface area contributed by atoms with E-state index in [1.165, 1.54) is 24.3 Å². The molecule has 1 fully saturated rings. The SMILES string of the molecule is NC(CCCCNC(=O)COc1ccc(F)cc1)C(=O)N1CCC(F)(F)C1. The first-order valence-corrected chi connectivity index (χ1v) is 8.84. The van der Waals surface area contributed by atoms with Crippen LogP contribution in [-0.4, -0.2) is 54.9 Å². The highest BCUT2D eigenvalue weighted by molar-refractivity contribution is 5.82. The molecule has 1 aliphatic rings. The smallest absolute Gasteiger partial charge is 0.267 e. The van der Waals surface area contributed by atoms with Gasteiger partial charge in [-0.1, -0.05) is 0 Å². The van der Waals surface area contributed by atoms with Gasteiger partial charge in [0.15, 0.2) is 6.61 Å². The first kappa shape index (κ1) is 21.0. The van der Waals surface area contributed by atoms with E-state index >= 15 is 0 Å². The van der Waals surface area contributed by atoms with E-state index in [2.05, 4.69) is 5.32 Å². The van der Waals surface area contributed by atoms with E-state index in [0.29, 0.717) is 31.6 Å². The van der Waals surface area contributed by atoms with Gasteiger partial charge >= 0.3 is 0 Å². The molecule has 2 amide bonds. The molecule has 27 heavy (non-hydrogen) atoms. The number of nitrogens with zero attached hydrogens (tertiary/aromatic N) is 1. The number of halogens is 3. The topological polar surface area (TPSA) is 84.7 Å². The Labute approximate surface area is 155 Å². The van der Waals surface area contributed by atoms with Crippen LogP contribution in [0, 0.1) is 5.82 Å². The maximum Gasteiger partial charge on any atom is 0.267 e. The largest absolute Gasteiger partial charge is 0.484 e. The number of benzene rings is 1. The molecule has 0 saturated carbocycles. The molecule has 0 aliphatic carbocycles. The lowest BCUT2D eigenvalue weighted by molar-refractivity contribution is -0.133. The van der Waals surface area contributed by atoms with Crippen molar-refractivity contribution >= 4 is 11.8 Å². The summed E-state index contributed by atoms with van der Waals surface area (Å²) >= 11 is 0. The Bertz CT molecular complexity index is 640. The lowest BCUT2D eigenvalue weighted by Crippen LogP contribution is -2.43. The van der Waals surface area contributed by atoms with Gasteiger partial charge in [0.05, 0.1) is 12.6 Å². The van der Waals surface area contributed by atoms with E-state index in [9.17, 15) is 22.8 Å². The molecule has 0 bridgehead atoms. The number of nitrogens with two attached hydrogens (primary N) is 1. The summed E-state index contributed by atoms with van der Waals surface area (Å²) in [5, 5.41) is 2.66. The van der Waals surface area contributed by atoms with Crippen molar-refractivity contribution in [3.8, 4) is 5.75 Å². The molecule has 1 aliphatic heterocycles. The van der Waals surface area contributed by atoms with Crippen LogP contribution in [0.3, 0.4) is 0 Å². The Morgan fingerprint density at radius 2 is 1.96 bits per heavy atom. The summed E-state index contributed by atoms with van der Waals surface area (Å²) in [6.45, 7) is -0.339. The van der Waals surface area contributed by atoms with Gasteiger partial charge < -0.3 is 20.7 Å². The quantitative estimate of drug-likeness (QED) is 0.632. The number of alkyl halides is 2. The molecule has 1 atom stereocenters. The first-order chi connectivity index (χ1) is 12.8. The van der Waals surface area contributed by atoms with Crippen molar-refractivity contribution in [2.45, 2.75) is 37.6 Å². The maximum absolute atomic E-state index is 13.1. The van der Waals surface area contributed by atoms with Crippen LogP contribution in [0.15, 0.2) is 24.3 Å². The number of unbranched alkanes of at least 4 members (excludes halogenated alkanes) is 1. The van der Waals surface area contributed by atoms with Gasteiger partial charge in [-0.2, -0.15) is 0 Å². The van der Waals surface area contributed by atoms with Gasteiger partial charge in [-0.15, -0.1) is 0 Å². The predicted octanol–water partition coefficient (Wildman–Crippen LogP) is 1.69. The van der Waals surface area contributed by atoms with Gasteiger partial charge in [-0.05, 0) is 43.5 Å². The minimum Gasteiger partial charge on any atom is -0.484 e. The Morgan fingerprint density at radius 3 is 2.59 bits per heavy atom. The zero-order valence-corrected chi connectivity index (χ0v) is 14.9. The molecule has 1 heterocycles. The van der Waals surface area contributed by atoms with Crippen LogP contribution in [0.1, 0.15) is 25.7 Å². The van der Waals surface area contributed by atoms with Crippen LogP contribution >= 0.6 is 0 Å². The third-order valence-electron chi connectivity index (χ3n) is 4.25. The van der Waals surface area contributed by atoms with Crippen LogP contribution in [-0.2, 0) is 9.59 Å². The summed E-state index contributed by atoms with van der Waals surface area (Å²) in [6.07, 6.45) is 1.22. The number of rotatable bonds is 9. The highest BCUT2D eigenvalue weighted by atomic mass is 19.3. The molecule has 1 unspecified atom stereocenters. The minimum atomic E-state index is -2.82. The number of carbonyl (C=O) groups is 2. The summed E-state index contributed by atoms with van der Waals surface area (Å²) < 4.78 is 44.2. The van der Waals surface area contributed by atoms with E-state index in [4.69, 9.17) is 10.5 Å². The highest BCUT2D eigenvalue weighted by Gasteiger charge is 2.41.